The number of rotatable bonds is 4. The third-order valence-electron chi connectivity index (χ3n) is 5.64. The van der Waals surface area contributed by atoms with Crippen molar-refractivity contribution in [1.29, 1.82) is 0 Å². The molecule has 0 bridgehead atoms. The van der Waals surface area contributed by atoms with Gasteiger partial charge in [-0.05, 0) is 40.7 Å². The fraction of sp³-hybridized carbons (Fsp3) is 0.318. The molecule has 0 saturated heterocycles. The molecule has 2 aromatic rings. The molecule has 4 rings (SSSR count). The van der Waals surface area contributed by atoms with Crippen molar-refractivity contribution in [2.45, 2.75) is 41.2 Å². The summed E-state index contributed by atoms with van der Waals surface area (Å²) in [5.74, 6) is -0.412. The van der Waals surface area contributed by atoms with E-state index in [-0.39, 0.29) is 11.2 Å². The summed E-state index contributed by atoms with van der Waals surface area (Å²) >= 11 is 2.86. The van der Waals surface area contributed by atoms with E-state index in [0.29, 0.717) is 32.7 Å². The van der Waals surface area contributed by atoms with E-state index in [9.17, 15) is 19.7 Å². The highest BCUT2D eigenvalue weighted by molar-refractivity contribution is 8.11. The van der Waals surface area contributed by atoms with Gasteiger partial charge in [-0.15, -0.1) is 11.3 Å². The number of nitro groups is 1. The van der Waals surface area contributed by atoms with Crippen molar-refractivity contribution in [3.05, 3.63) is 64.5 Å². The number of allylic oxidation sites excluding steroid dienone is 2. The van der Waals surface area contributed by atoms with Gasteiger partial charge < -0.3 is 4.90 Å². The van der Waals surface area contributed by atoms with Crippen LogP contribution < -0.4 is 19.8 Å². The summed E-state index contributed by atoms with van der Waals surface area (Å²) in [6.07, 6.45) is 0. The first-order valence-corrected chi connectivity index (χ1v) is 12.1. The molecule has 1 aromatic carbocycles. The number of carbonyl (C=O) groups excluding carboxylic acids is 1. The van der Waals surface area contributed by atoms with Crippen molar-refractivity contribution in [2.24, 2.45) is 5.10 Å². The third-order valence-corrected chi connectivity index (χ3v) is 8.17. The SMILES string of the molecule is CCN1C(C)=C(C)S/C1=c1\s/c(=C2/C(=O)N(c3cccc([N+](=O)[O-])c3)N=C2C)n(CC)c1=O. The Labute approximate surface area is 198 Å². The monoisotopic (exact) mass is 485 g/mol. The maximum absolute atomic E-state index is 13.4. The van der Waals surface area contributed by atoms with Gasteiger partial charge in [-0.25, -0.2) is 0 Å². The quantitative estimate of drug-likeness (QED) is 0.488. The molecule has 9 nitrogen and oxygen atoms in total. The van der Waals surface area contributed by atoms with Crippen LogP contribution in [-0.4, -0.2) is 32.6 Å². The minimum atomic E-state index is -0.514. The fourth-order valence-corrected chi connectivity index (χ4v) is 6.45. The van der Waals surface area contributed by atoms with E-state index in [2.05, 4.69) is 10.0 Å². The molecule has 0 unspecified atom stereocenters. The second-order valence-corrected chi connectivity index (χ2v) is 9.74. The van der Waals surface area contributed by atoms with Crippen LogP contribution in [0.5, 0.6) is 0 Å². The molecule has 0 radical (unpaired) electrons. The van der Waals surface area contributed by atoms with Crippen LogP contribution in [0.3, 0.4) is 0 Å². The number of hydrogen-bond donors (Lipinski definition) is 0. The number of nitro benzene ring substituents is 1. The smallest absolute Gasteiger partial charge is 0.283 e. The maximum Gasteiger partial charge on any atom is 0.283 e. The highest BCUT2D eigenvalue weighted by Crippen LogP contribution is 2.40. The van der Waals surface area contributed by atoms with E-state index in [1.54, 1.807) is 29.3 Å². The molecular formula is C22H23N5O4S2. The average Bonchev–Trinajstić information content (AvgIpc) is 3.38. The lowest BCUT2D eigenvalue weighted by Gasteiger charge is -2.17. The molecule has 2 aliphatic heterocycles. The van der Waals surface area contributed by atoms with Crippen molar-refractivity contribution >= 4 is 56.7 Å². The van der Waals surface area contributed by atoms with Crippen LogP contribution in [-0.2, 0) is 11.3 Å². The fourth-order valence-electron chi connectivity index (χ4n) is 3.85. The van der Waals surface area contributed by atoms with Crippen molar-refractivity contribution in [3.8, 4) is 0 Å². The zero-order valence-corrected chi connectivity index (χ0v) is 20.5. The number of aromatic nitrogens is 1. The Hall–Kier alpha value is -3.18. The van der Waals surface area contributed by atoms with Gasteiger partial charge in [0, 0.05) is 35.8 Å². The van der Waals surface area contributed by atoms with Crippen LogP contribution >= 0.6 is 23.1 Å². The molecule has 0 saturated carbocycles. The van der Waals surface area contributed by atoms with Crippen LogP contribution in [0.15, 0.2) is 44.8 Å². The topological polar surface area (TPSA) is 101 Å². The lowest BCUT2D eigenvalue weighted by molar-refractivity contribution is -0.384. The Morgan fingerprint density at radius 2 is 1.85 bits per heavy atom. The first-order valence-electron chi connectivity index (χ1n) is 10.4. The Kier molecular flexibility index (Phi) is 6.02. The van der Waals surface area contributed by atoms with Crippen LogP contribution in [0.2, 0.25) is 0 Å². The largest absolute Gasteiger partial charge is 0.338 e. The van der Waals surface area contributed by atoms with Gasteiger partial charge in [0.25, 0.3) is 17.2 Å². The van der Waals surface area contributed by atoms with Crippen molar-refractivity contribution < 1.29 is 9.72 Å². The predicted octanol–water partition coefficient (Wildman–Crippen LogP) is 2.80. The molecule has 1 aromatic heterocycles. The highest BCUT2D eigenvalue weighted by atomic mass is 32.2. The second kappa shape index (κ2) is 8.64. The zero-order valence-electron chi connectivity index (χ0n) is 18.9. The summed E-state index contributed by atoms with van der Waals surface area (Å²) in [6.45, 7) is 10.8. The lowest BCUT2D eigenvalue weighted by atomic mass is 10.2. The number of anilines is 1. The molecule has 3 heterocycles. The van der Waals surface area contributed by atoms with Gasteiger partial charge in [0.2, 0.25) is 0 Å². The number of thiazole rings is 1. The van der Waals surface area contributed by atoms with E-state index in [1.165, 1.54) is 29.5 Å². The van der Waals surface area contributed by atoms with Gasteiger partial charge in [-0.2, -0.15) is 10.1 Å². The summed E-state index contributed by atoms with van der Waals surface area (Å²) in [6, 6.07) is 5.78. The van der Waals surface area contributed by atoms with Gasteiger partial charge in [-0.3, -0.25) is 24.3 Å². The van der Waals surface area contributed by atoms with Crippen molar-refractivity contribution in [2.75, 3.05) is 11.6 Å². The van der Waals surface area contributed by atoms with E-state index in [1.807, 2.05) is 27.7 Å². The molecule has 11 heteroatoms. The minimum absolute atomic E-state index is 0.127. The van der Waals surface area contributed by atoms with Crippen molar-refractivity contribution in [1.82, 2.24) is 9.47 Å². The summed E-state index contributed by atoms with van der Waals surface area (Å²) in [5.41, 5.74) is 1.96. The standard InChI is InChI=1S/C22H23N5O4S2/c1-6-24-13(4)14(5)32-22(24)18-20(29)25(7-2)21(33-18)17-12(3)23-26(19(17)28)15-9-8-10-16(11-15)27(30)31/h8-11H,6-7H2,1-5H3/b21-17+,22-18-. The Morgan fingerprint density at radius 3 is 2.48 bits per heavy atom. The molecule has 1 amide bonds. The van der Waals surface area contributed by atoms with Crippen LogP contribution in [0.1, 0.15) is 34.6 Å². The Morgan fingerprint density at radius 1 is 1.12 bits per heavy atom. The molecule has 0 N–H and O–H groups in total. The number of amides is 1. The Bertz CT molecular complexity index is 1430. The number of hydrogen-bond acceptors (Lipinski definition) is 8. The predicted molar refractivity (Wildman–Crippen MR) is 132 cm³/mol. The van der Waals surface area contributed by atoms with Gasteiger partial charge in [0.1, 0.15) is 14.2 Å². The first-order chi connectivity index (χ1) is 15.7. The van der Waals surface area contributed by atoms with E-state index < -0.39 is 10.8 Å². The van der Waals surface area contributed by atoms with Gasteiger partial charge in [0.05, 0.1) is 21.9 Å². The molecule has 172 valence electrons. The molecule has 2 aliphatic rings. The molecule has 0 atom stereocenters. The van der Waals surface area contributed by atoms with Crippen LogP contribution in [0.4, 0.5) is 11.4 Å². The third kappa shape index (κ3) is 3.70. The average molecular weight is 486 g/mol. The van der Waals surface area contributed by atoms with E-state index in [4.69, 9.17) is 0 Å². The highest BCUT2D eigenvalue weighted by Gasteiger charge is 2.32. The van der Waals surface area contributed by atoms with Gasteiger partial charge in [-0.1, -0.05) is 17.8 Å². The molecule has 0 fully saturated rings. The van der Waals surface area contributed by atoms with Crippen LogP contribution in [0, 0.1) is 10.1 Å². The molecule has 0 aliphatic carbocycles. The second-order valence-electron chi connectivity index (χ2n) is 7.53. The van der Waals surface area contributed by atoms with Crippen molar-refractivity contribution in [3.63, 3.8) is 0 Å². The molecule has 0 spiro atoms. The lowest BCUT2D eigenvalue weighted by Crippen LogP contribution is -2.35. The number of thioether (sulfide) groups is 1. The number of carbonyl (C=O) groups is 1. The first kappa shape index (κ1) is 23.0. The summed E-state index contributed by atoms with van der Waals surface area (Å²) in [4.78, 5) is 40.7. The summed E-state index contributed by atoms with van der Waals surface area (Å²) in [7, 11) is 0. The molecule has 33 heavy (non-hydrogen) atoms. The number of hydrazone groups is 1. The zero-order chi connectivity index (χ0) is 24.0. The normalized spacial score (nSPS) is 19.7. The van der Waals surface area contributed by atoms with Gasteiger partial charge in [0.15, 0.2) is 0 Å². The number of non-ortho nitro benzene ring substituents is 1. The van der Waals surface area contributed by atoms with E-state index >= 15 is 0 Å². The molecular weight excluding hydrogens is 462 g/mol. The number of nitrogens with zero attached hydrogens (tertiary/aromatic N) is 5. The summed E-state index contributed by atoms with van der Waals surface area (Å²) < 4.78 is 2.74. The van der Waals surface area contributed by atoms with E-state index in [0.717, 1.165) is 27.2 Å². The Balaban J connectivity index is 1.92. The number of benzene rings is 1. The van der Waals surface area contributed by atoms with Crippen LogP contribution in [0.25, 0.3) is 10.6 Å². The summed E-state index contributed by atoms with van der Waals surface area (Å²) in [5, 5.41) is 17.6. The van der Waals surface area contributed by atoms with Gasteiger partial charge >= 0.3 is 0 Å². The maximum atomic E-state index is 13.4. The minimum Gasteiger partial charge on any atom is -0.338 e.